The molecule has 106 valence electrons. The molecular formula is C19H25N. The van der Waals surface area contributed by atoms with Gasteiger partial charge < -0.3 is 0 Å². The van der Waals surface area contributed by atoms with Crippen LogP contribution in [0.2, 0.25) is 0 Å². The highest BCUT2D eigenvalue weighted by atomic mass is 14.2. The first kappa shape index (κ1) is 20.0. The number of hydrogen-bond acceptors (Lipinski definition) is 1. The summed E-state index contributed by atoms with van der Waals surface area (Å²) in [7, 11) is 0. The Morgan fingerprint density at radius 1 is 1.00 bits per heavy atom. The third-order valence-corrected chi connectivity index (χ3v) is 2.06. The van der Waals surface area contributed by atoms with Gasteiger partial charge in [-0.2, -0.15) is 5.26 Å². The van der Waals surface area contributed by atoms with Crippen molar-refractivity contribution in [3.05, 3.63) is 78.9 Å². The average molecular weight is 267 g/mol. The lowest BCUT2D eigenvalue weighted by atomic mass is 10.0. The molecule has 0 heterocycles. The fraction of sp³-hybridized carbons (Fsp3) is 0.211. The Kier molecular flexibility index (Phi) is 14.7. The van der Waals surface area contributed by atoms with Crippen LogP contribution in [0.15, 0.2) is 67.8 Å². The van der Waals surface area contributed by atoms with Gasteiger partial charge in [0, 0.05) is 0 Å². The van der Waals surface area contributed by atoms with E-state index >= 15 is 0 Å². The molecule has 20 heavy (non-hydrogen) atoms. The molecule has 0 saturated carbocycles. The first-order valence-electron chi connectivity index (χ1n) is 6.94. The van der Waals surface area contributed by atoms with E-state index < -0.39 is 0 Å². The maximum Gasteiger partial charge on any atom is 0.0991 e. The van der Waals surface area contributed by atoms with Gasteiger partial charge in [0.2, 0.25) is 0 Å². The van der Waals surface area contributed by atoms with Crippen LogP contribution in [0.25, 0.3) is 5.57 Å². The Morgan fingerprint density at radius 2 is 1.55 bits per heavy atom. The van der Waals surface area contributed by atoms with Crippen molar-refractivity contribution in [3.63, 3.8) is 0 Å². The summed E-state index contributed by atoms with van der Waals surface area (Å²) in [5.74, 6) is 0. The third kappa shape index (κ3) is 7.89. The van der Waals surface area contributed by atoms with E-state index in [1.807, 2.05) is 58.1 Å². The highest BCUT2D eigenvalue weighted by Crippen LogP contribution is 2.16. The molecule has 0 aliphatic heterocycles. The molecule has 0 amide bonds. The molecule has 1 rings (SSSR count). The van der Waals surface area contributed by atoms with Crippen molar-refractivity contribution in [2.75, 3.05) is 0 Å². The van der Waals surface area contributed by atoms with Gasteiger partial charge in [0.05, 0.1) is 11.6 Å². The molecule has 0 bridgehead atoms. The van der Waals surface area contributed by atoms with Crippen molar-refractivity contribution >= 4 is 5.57 Å². The Hall–Kier alpha value is -2.33. The number of nitrogens with zero attached hydrogens (tertiary/aromatic N) is 1. The lowest BCUT2D eigenvalue weighted by Gasteiger charge is -2.01. The highest BCUT2D eigenvalue weighted by molar-refractivity contribution is 5.75. The van der Waals surface area contributed by atoms with Gasteiger partial charge in [0.15, 0.2) is 0 Å². The summed E-state index contributed by atoms with van der Waals surface area (Å²) in [4.78, 5) is 0. The van der Waals surface area contributed by atoms with Crippen LogP contribution in [0.4, 0.5) is 0 Å². The normalized spacial score (nSPS) is 9.45. The average Bonchev–Trinajstić information content (AvgIpc) is 2.55. The summed E-state index contributed by atoms with van der Waals surface area (Å²) in [5, 5.41) is 8.70. The fourth-order valence-electron chi connectivity index (χ4n) is 1.28. The predicted octanol–water partition coefficient (Wildman–Crippen LogP) is 5.92. The van der Waals surface area contributed by atoms with E-state index in [1.165, 1.54) is 0 Å². The number of nitriles is 1. The van der Waals surface area contributed by atoms with E-state index in [-0.39, 0.29) is 0 Å². The first-order chi connectivity index (χ1) is 9.81. The SMILES string of the molecule is C=C/C=C\C(=C/C=C)c1ccc(C#N)cc1.CC.CC. The van der Waals surface area contributed by atoms with Crippen molar-refractivity contribution in [2.45, 2.75) is 27.7 Å². The number of benzene rings is 1. The van der Waals surface area contributed by atoms with Crippen molar-refractivity contribution in [3.8, 4) is 6.07 Å². The number of allylic oxidation sites excluding steroid dienone is 6. The largest absolute Gasteiger partial charge is 0.192 e. The second-order valence-corrected chi connectivity index (χ2v) is 3.14. The van der Waals surface area contributed by atoms with Crippen molar-refractivity contribution in [2.24, 2.45) is 0 Å². The second-order valence-electron chi connectivity index (χ2n) is 3.14. The molecular weight excluding hydrogens is 242 g/mol. The molecule has 0 spiro atoms. The predicted molar refractivity (Wildman–Crippen MR) is 91.4 cm³/mol. The second kappa shape index (κ2) is 14.7. The van der Waals surface area contributed by atoms with Gasteiger partial charge in [0.1, 0.15) is 0 Å². The van der Waals surface area contributed by atoms with E-state index in [4.69, 9.17) is 5.26 Å². The van der Waals surface area contributed by atoms with E-state index in [1.54, 1.807) is 24.3 Å². The molecule has 0 aromatic heterocycles. The van der Waals surface area contributed by atoms with Crippen LogP contribution in [0.3, 0.4) is 0 Å². The van der Waals surface area contributed by atoms with Crippen LogP contribution >= 0.6 is 0 Å². The van der Waals surface area contributed by atoms with E-state index in [2.05, 4.69) is 19.2 Å². The van der Waals surface area contributed by atoms with Gasteiger partial charge in [0.25, 0.3) is 0 Å². The third-order valence-electron chi connectivity index (χ3n) is 2.06. The summed E-state index contributed by atoms with van der Waals surface area (Å²) in [6.07, 6.45) is 9.20. The van der Waals surface area contributed by atoms with Crippen LogP contribution in [0, 0.1) is 11.3 Å². The van der Waals surface area contributed by atoms with Gasteiger partial charge in [-0.3, -0.25) is 0 Å². The van der Waals surface area contributed by atoms with Crippen molar-refractivity contribution in [1.82, 2.24) is 0 Å². The molecule has 1 heteroatoms. The molecule has 0 atom stereocenters. The van der Waals surface area contributed by atoms with Gasteiger partial charge in [-0.1, -0.05) is 83.4 Å². The molecule has 0 fully saturated rings. The quantitative estimate of drug-likeness (QED) is 0.621. The summed E-state index contributed by atoms with van der Waals surface area (Å²) in [6.45, 7) is 15.3. The van der Waals surface area contributed by atoms with Crippen LogP contribution < -0.4 is 0 Å². The number of rotatable bonds is 4. The minimum atomic E-state index is 0.661. The fourth-order valence-corrected chi connectivity index (χ4v) is 1.28. The lowest BCUT2D eigenvalue weighted by Crippen LogP contribution is -1.81. The topological polar surface area (TPSA) is 23.8 Å². The summed E-state index contributed by atoms with van der Waals surface area (Å²) < 4.78 is 0. The minimum Gasteiger partial charge on any atom is -0.192 e. The molecule has 0 saturated heterocycles. The molecule has 1 aromatic rings. The van der Waals surface area contributed by atoms with E-state index in [9.17, 15) is 0 Å². The Labute approximate surface area is 124 Å². The zero-order valence-electron chi connectivity index (χ0n) is 13.1. The molecule has 0 unspecified atom stereocenters. The van der Waals surface area contributed by atoms with Crippen LogP contribution in [-0.4, -0.2) is 0 Å². The standard InChI is InChI=1S/C15H13N.2C2H6/c1-3-5-7-14(6-4-2)15-10-8-13(12-16)9-11-15;2*1-2/h3-11H,1-2H2;2*1-2H3/b7-5-,14-6+;;. The zero-order valence-corrected chi connectivity index (χ0v) is 13.1. The maximum atomic E-state index is 8.70. The van der Waals surface area contributed by atoms with Crippen LogP contribution in [0.1, 0.15) is 38.8 Å². The monoisotopic (exact) mass is 267 g/mol. The molecule has 0 N–H and O–H groups in total. The highest BCUT2D eigenvalue weighted by Gasteiger charge is 1.96. The van der Waals surface area contributed by atoms with Gasteiger partial charge in [-0.15, -0.1) is 0 Å². The van der Waals surface area contributed by atoms with Gasteiger partial charge in [-0.25, -0.2) is 0 Å². The van der Waals surface area contributed by atoms with Gasteiger partial charge >= 0.3 is 0 Å². The van der Waals surface area contributed by atoms with Gasteiger partial charge in [-0.05, 0) is 23.3 Å². The Morgan fingerprint density at radius 3 is 1.95 bits per heavy atom. The lowest BCUT2D eigenvalue weighted by molar-refractivity contribution is 1.48. The summed E-state index contributed by atoms with van der Waals surface area (Å²) >= 11 is 0. The first-order valence-corrected chi connectivity index (χ1v) is 6.94. The smallest absolute Gasteiger partial charge is 0.0991 e. The summed E-state index contributed by atoms with van der Waals surface area (Å²) in [5.41, 5.74) is 2.76. The van der Waals surface area contributed by atoms with E-state index in [0.29, 0.717) is 5.56 Å². The van der Waals surface area contributed by atoms with Crippen LogP contribution in [0.5, 0.6) is 0 Å². The molecule has 0 aliphatic rings. The molecule has 1 aromatic carbocycles. The Bertz CT molecular complexity index is 467. The molecule has 0 radical (unpaired) electrons. The van der Waals surface area contributed by atoms with Crippen LogP contribution in [-0.2, 0) is 0 Å². The zero-order chi connectivity index (χ0) is 15.8. The maximum absolute atomic E-state index is 8.70. The Balaban J connectivity index is 0. The van der Waals surface area contributed by atoms with Crippen molar-refractivity contribution in [1.29, 1.82) is 5.26 Å². The summed E-state index contributed by atoms with van der Waals surface area (Å²) in [6, 6.07) is 9.53. The van der Waals surface area contributed by atoms with E-state index in [0.717, 1.165) is 11.1 Å². The van der Waals surface area contributed by atoms with Crippen molar-refractivity contribution < 1.29 is 0 Å². The molecule has 0 aliphatic carbocycles. The molecule has 1 nitrogen and oxygen atoms in total. The number of hydrogen-bond donors (Lipinski definition) is 0. The minimum absolute atomic E-state index is 0.661.